The van der Waals surface area contributed by atoms with Crippen molar-refractivity contribution in [1.29, 1.82) is 0 Å². The Bertz CT molecular complexity index is 185. The van der Waals surface area contributed by atoms with E-state index in [1.54, 1.807) is 0 Å². The third-order valence-corrected chi connectivity index (χ3v) is 3.89. The molecule has 0 saturated heterocycles. The summed E-state index contributed by atoms with van der Waals surface area (Å²) in [7, 11) is 0. The fraction of sp³-hybridized carbons (Fsp3) is 1.00. The van der Waals surface area contributed by atoms with Crippen LogP contribution in [0.3, 0.4) is 0 Å². The van der Waals surface area contributed by atoms with Crippen LogP contribution in [0.2, 0.25) is 0 Å². The SMILES string of the molecule is CC1(C)[C@@H]2CC[C@@](N)(C2)[C@@H]1O. The van der Waals surface area contributed by atoms with Crippen molar-refractivity contribution in [2.75, 3.05) is 0 Å². The zero-order valence-electron chi connectivity index (χ0n) is 7.30. The molecule has 2 bridgehead atoms. The summed E-state index contributed by atoms with van der Waals surface area (Å²) in [5.41, 5.74) is 5.89. The first kappa shape index (κ1) is 7.56. The Hall–Kier alpha value is -0.0800. The second-order valence-electron chi connectivity index (χ2n) is 4.90. The van der Waals surface area contributed by atoms with Crippen LogP contribution >= 0.6 is 0 Å². The third kappa shape index (κ3) is 0.744. The topological polar surface area (TPSA) is 46.2 Å². The Balaban J connectivity index is 2.34. The number of nitrogens with two attached hydrogens (primary N) is 1. The van der Waals surface area contributed by atoms with Gasteiger partial charge in [0.05, 0.1) is 6.10 Å². The van der Waals surface area contributed by atoms with Crippen molar-refractivity contribution < 1.29 is 5.11 Å². The highest BCUT2D eigenvalue weighted by atomic mass is 16.3. The van der Waals surface area contributed by atoms with Gasteiger partial charge in [-0.1, -0.05) is 13.8 Å². The van der Waals surface area contributed by atoms with E-state index in [1.165, 1.54) is 6.42 Å². The number of hydrogen-bond acceptors (Lipinski definition) is 2. The highest BCUT2D eigenvalue weighted by Crippen LogP contribution is 2.56. The zero-order valence-corrected chi connectivity index (χ0v) is 7.30. The lowest BCUT2D eigenvalue weighted by atomic mass is 9.73. The van der Waals surface area contributed by atoms with Gasteiger partial charge in [-0.25, -0.2) is 0 Å². The van der Waals surface area contributed by atoms with Gasteiger partial charge in [-0.3, -0.25) is 0 Å². The normalized spacial score (nSPS) is 53.5. The molecule has 0 unspecified atom stereocenters. The summed E-state index contributed by atoms with van der Waals surface area (Å²) in [6, 6.07) is 0. The van der Waals surface area contributed by atoms with Gasteiger partial charge in [0.1, 0.15) is 0 Å². The summed E-state index contributed by atoms with van der Waals surface area (Å²) in [6.07, 6.45) is 2.97. The average Bonchev–Trinajstić information content (AvgIpc) is 2.36. The predicted molar refractivity (Wildman–Crippen MR) is 44.0 cm³/mol. The van der Waals surface area contributed by atoms with Crippen LogP contribution in [0.25, 0.3) is 0 Å². The number of aliphatic hydroxyl groups is 1. The lowest BCUT2D eigenvalue weighted by molar-refractivity contribution is -0.00710. The number of hydrogen-bond donors (Lipinski definition) is 2. The number of aliphatic hydroxyl groups excluding tert-OH is 1. The molecule has 2 saturated carbocycles. The Morgan fingerprint density at radius 3 is 2.36 bits per heavy atom. The van der Waals surface area contributed by atoms with Gasteiger partial charge in [0.2, 0.25) is 0 Å². The lowest BCUT2D eigenvalue weighted by Gasteiger charge is -2.38. The Kier molecular flexibility index (Phi) is 1.24. The van der Waals surface area contributed by atoms with E-state index < -0.39 is 0 Å². The van der Waals surface area contributed by atoms with Crippen LogP contribution in [0.15, 0.2) is 0 Å². The van der Waals surface area contributed by atoms with Crippen molar-refractivity contribution in [3.8, 4) is 0 Å². The monoisotopic (exact) mass is 155 g/mol. The van der Waals surface area contributed by atoms with Crippen LogP contribution in [0.5, 0.6) is 0 Å². The van der Waals surface area contributed by atoms with E-state index in [0.717, 1.165) is 12.8 Å². The van der Waals surface area contributed by atoms with Crippen molar-refractivity contribution >= 4 is 0 Å². The minimum atomic E-state index is -0.284. The Labute approximate surface area is 67.8 Å². The molecule has 64 valence electrons. The van der Waals surface area contributed by atoms with Gasteiger partial charge >= 0.3 is 0 Å². The first-order valence-electron chi connectivity index (χ1n) is 4.44. The summed E-state index contributed by atoms with van der Waals surface area (Å²) in [5, 5.41) is 9.88. The fourth-order valence-electron chi connectivity index (χ4n) is 2.95. The smallest absolute Gasteiger partial charge is 0.0773 e. The lowest BCUT2D eigenvalue weighted by Crippen LogP contribution is -2.51. The molecular formula is C9H17NO. The van der Waals surface area contributed by atoms with Crippen molar-refractivity contribution in [1.82, 2.24) is 0 Å². The van der Waals surface area contributed by atoms with E-state index in [0.29, 0.717) is 5.92 Å². The van der Waals surface area contributed by atoms with Gasteiger partial charge in [-0.15, -0.1) is 0 Å². The highest BCUT2D eigenvalue weighted by molar-refractivity contribution is 5.14. The molecule has 0 aromatic carbocycles. The second kappa shape index (κ2) is 1.80. The van der Waals surface area contributed by atoms with Gasteiger partial charge in [0.15, 0.2) is 0 Å². The van der Waals surface area contributed by atoms with E-state index in [9.17, 15) is 5.11 Å². The molecule has 2 aliphatic rings. The molecule has 2 fully saturated rings. The second-order valence-corrected chi connectivity index (χ2v) is 4.90. The summed E-state index contributed by atoms with van der Waals surface area (Å²) in [4.78, 5) is 0. The van der Waals surface area contributed by atoms with Gasteiger partial charge in [0, 0.05) is 5.54 Å². The molecule has 0 radical (unpaired) electrons. The fourth-order valence-corrected chi connectivity index (χ4v) is 2.95. The summed E-state index contributed by atoms with van der Waals surface area (Å²) >= 11 is 0. The van der Waals surface area contributed by atoms with Crippen molar-refractivity contribution in [3.05, 3.63) is 0 Å². The summed E-state index contributed by atoms with van der Waals surface area (Å²) < 4.78 is 0. The molecule has 3 N–H and O–H groups in total. The van der Waals surface area contributed by atoms with Crippen molar-refractivity contribution in [3.63, 3.8) is 0 Å². The maximum Gasteiger partial charge on any atom is 0.0773 e. The Morgan fingerprint density at radius 1 is 1.45 bits per heavy atom. The van der Waals surface area contributed by atoms with Crippen molar-refractivity contribution in [2.45, 2.75) is 44.8 Å². The number of rotatable bonds is 0. The van der Waals surface area contributed by atoms with E-state index in [2.05, 4.69) is 13.8 Å². The van der Waals surface area contributed by atoms with E-state index in [4.69, 9.17) is 5.73 Å². The maximum absolute atomic E-state index is 9.88. The largest absolute Gasteiger partial charge is 0.391 e. The maximum atomic E-state index is 9.88. The van der Waals surface area contributed by atoms with Gasteiger partial charge in [0.25, 0.3) is 0 Å². The van der Waals surface area contributed by atoms with E-state index in [1.807, 2.05) is 0 Å². The van der Waals surface area contributed by atoms with Gasteiger partial charge < -0.3 is 10.8 Å². The zero-order chi connectivity index (χ0) is 8.28. The summed E-state index contributed by atoms with van der Waals surface area (Å²) in [5.74, 6) is 0.655. The minimum Gasteiger partial charge on any atom is -0.391 e. The molecular weight excluding hydrogens is 138 g/mol. The van der Waals surface area contributed by atoms with Crippen LogP contribution in [-0.4, -0.2) is 16.7 Å². The molecule has 11 heavy (non-hydrogen) atoms. The molecule has 0 aromatic heterocycles. The highest BCUT2D eigenvalue weighted by Gasteiger charge is 2.59. The number of fused-ring (bicyclic) bond motifs is 2. The standard InChI is InChI=1S/C9H17NO/c1-8(2)6-3-4-9(10,5-6)7(8)11/h6-7,11H,3-5,10H2,1-2H3/t6-,7-,9-/m1/s1. The Morgan fingerprint density at radius 2 is 2.09 bits per heavy atom. The first-order chi connectivity index (χ1) is 4.97. The molecule has 2 rings (SSSR count). The van der Waals surface area contributed by atoms with Gasteiger partial charge in [-0.2, -0.15) is 0 Å². The molecule has 0 amide bonds. The van der Waals surface area contributed by atoms with Crippen LogP contribution < -0.4 is 5.73 Å². The molecule has 0 aromatic rings. The summed E-state index contributed by atoms with van der Waals surface area (Å²) in [6.45, 7) is 4.27. The van der Waals surface area contributed by atoms with Crippen molar-refractivity contribution in [2.24, 2.45) is 17.1 Å². The van der Waals surface area contributed by atoms with Gasteiger partial charge in [-0.05, 0) is 30.6 Å². The molecule has 2 heteroatoms. The van der Waals surface area contributed by atoms with E-state index in [-0.39, 0.29) is 17.1 Å². The quantitative estimate of drug-likeness (QED) is 0.545. The first-order valence-corrected chi connectivity index (χ1v) is 4.44. The molecule has 2 aliphatic carbocycles. The molecule has 0 heterocycles. The predicted octanol–water partition coefficient (Wildman–Crippen LogP) is 0.885. The van der Waals surface area contributed by atoms with Crippen LogP contribution in [0.1, 0.15) is 33.1 Å². The molecule has 2 nitrogen and oxygen atoms in total. The average molecular weight is 155 g/mol. The minimum absolute atomic E-state index is 0.0625. The van der Waals surface area contributed by atoms with Crippen LogP contribution in [0, 0.1) is 11.3 Å². The third-order valence-electron chi connectivity index (χ3n) is 3.89. The van der Waals surface area contributed by atoms with Crippen LogP contribution in [0.4, 0.5) is 0 Å². The van der Waals surface area contributed by atoms with E-state index >= 15 is 0 Å². The molecule has 3 atom stereocenters. The molecule has 0 spiro atoms. The molecule has 0 aliphatic heterocycles. The van der Waals surface area contributed by atoms with Crippen LogP contribution in [-0.2, 0) is 0 Å².